The molecule has 0 amide bonds. The Morgan fingerprint density at radius 1 is 0.692 bits per heavy atom. The minimum atomic E-state index is -2.47. The van der Waals surface area contributed by atoms with Gasteiger partial charge in [-0.05, 0) is 0 Å². The Morgan fingerprint density at radius 2 is 1.00 bits per heavy atom. The molecule has 0 spiro atoms. The third-order valence-electron chi connectivity index (χ3n) is 0.822. The van der Waals surface area contributed by atoms with Crippen molar-refractivity contribution in [3.05, 3.63) is 0 Å². The molecule has 0 saturated heterocycles. The molecule has 0 aliphatic carbocycles. The quantitative estimate of drug-likeness (QED) is 0.463. The van der Waals surface area contributed by atoms with Gasteiger partial charge in [0.1, 0.15) is 0 Å². The summed E-state index contributed by atoms with van der Waals surface area (Å²) in [5, 5.41) is 0. The molecule has 0 aliphatic rings. The molecule has 7 heteroatoms. The molecule has 0 bridgehead atoms. The molecule has 0 aromatic carbocycles. The molecule has 0 atom stereocenters. The monoisotopic (exact) mass is 358 g/mol. The summed E-state index contributed by atoms with van der Waals surface area (Å²) in [6.07, 6.45) is 0. The number of hydrogen-bond donors (Lipinski definition) is 0. The zero-order valence-corrected chi connectivity index (χ0v) is 11.9. The van der Waals surface area contributed by atoms with E-state index in [4.69, 9.17) is 43.8 Å². The normalized spacial score (nSPS) is 11.1. The summed E-state index contributed by atoms with van der Waals surface area (Å²) >= 11 is 13.9. The van der Waals surface area contributed by atoms with E-state index in [0.717, 1.165) is 0 Å². The fraction of sp³-hybridized carbons (Fsp3) is 1.00. The van der Waals surface area contributed by atoms with Crippen molar-refractivity contribution in [3.63, 3.8) is 0 Å². The van der Waals surface area contributed by atoms with E-state index < -0.39 is 21.5 Å². The van der Waals surface area contributed by atoms with Gasteiger partial charge in [-0.1, -0.05) is 0 Å². The molecule has 0 aromatic heterocycles. The summed E-state index contributed by atoms with van der Waals surface area (Å²) in [7, 11) is 0. The van der Waals surface area contributed by atoms with Gasteiger partial charge in [0.05, 0.1) is 0 Å². The summed E-state index contributed by atoms with van der Waals surface area (Å²) in [6.45, 7) is 1.36. The van der Waals surface area contributed by atoms with Crippen molar-refractivity contribution in [3.8, 4) is 0 Å². The van der Waals surface area contributed by atoms with Crippen LogP contribution in [-0.2, 0) is 9.05 Å². The van der Waals surface area contributed by atoms with Crippen molar-refractivity contribution in [1.82, 2.24) is 0 Å². The summed E-state index contributed by atoms with van der Waals surface area (Å²) in [6, 6.07) is 0. The molecular weight excluding hydrogens is 348 g/mol. The Balaban J connectivity index is 3.47. The Hall–Kier alpha value is 1.57. The average Bonchev–Trinajstić information content (AvgIpc) is 2.17. The van der Waals surface area contributed by atoms with Gasteiger partial charge < -0.3 is 0 Å². The van der Waals surface area contributed by atoms with E-state index in [0.29, 0.717) is 37.5 Å². The first kappa shape index (κ1) is 14.6. The molecule has 0 saturated carbocycles. The van der Waals surface area contributed by atoms with E-state index in [1.807, 2.05) is 0 Å². The van der Waals surface area contributed by atoms with Crippen LogP contribution < -0.4 is 0 Å². The summed E-state index contributed by atoms with van der Waals surface area (Å²) in [5.74, 6) is 1.32. The van der Waals surface area contributed by atoms with Gasteiger partial charge in [-0.15, -0.1) is 0 Å². The Kier molecular flexibility index (Phi) is 13.0. The molecule has 0 heterocycles. The second-order valence-corrected chi connectivity index (χ2v) is 6.41. The number of rotatable bonds is 9. The van der Waals surface area contributed by atoms with Crippen molar-refractivity contribution in [2.45, 2.75) is 0 Å². The van der Waals surface area contributed by atoms with Crippen LogP contribution in [0.3, 0.4) is 0 Å². The summed E-state index contributed by atoms with van der Waals surface area (Å²) < 4.78 is 15.9. The van der Waals surface area contributed by atoms with Crippen molar-refractivity contribution >= 4 is 56.3 Å². The molecule has 3 nitrogen and oxygen atoms in total. The van der Waals surface area contributed by atoms with Gasteiger partial charge in [0.25, 0.3) is 0 Å². The van der Waals surface area contributed by atoms with Crippen LogP contribution in [0.2, 0.25) is 0 Å². The predicted octanol–water partition coefficient (Wildman–Crippen LogP) is 1.74. The third kappa shape index (κ3) is 9.86. The van der Waals surface area contributed by atoms with Crippen LogP contribution >= 0.6 is 34.8 Å². The topological polar surface area (TPSA) is 27.7 Å². The molecule has 80 valence electrons. The van der Waals surface area contributed by atoms with E-state index in [-0.39, 0.29) is 0 Å². The fourth-order valence-corrected chi connectivity index (χ4v) is 4.33. The van der Waals surface area contributed by atoms with E-state index in [1.54, 1.807) is 0 Å². The van der Waals surface area contributed by atoms with Crippen molar-refractivity contribution in [1.29, 1.82) is 0 Å². The maximum atomic E-state index is 5.45. The summed E-state index contributed by atoms with van der Waals surface area (Å²) in [5.41, 5.74) is 0. The van der Waals surface area contributed by atoms with Crippen molar-refractivity contribution in [2.75, 3.05) is 37.5 Å². The van der Waals surface area contributed by atoms with E-state index in [2.05, 4.69) is 0 Å². The molecule has 0 rings (SSSR count). The molecule has 0 aliphatic heterocycles. The molecule has 0 aromatic rings. The molecule has 0 radical (unpaired) electrons. The Bertz CT molecular complexity index is 90.1. The van der Waals surface area contributed by atoms with E-state index >= 15 is 0 Å². The van der Waals surface area contributed by atoms with Crippen LogP contribution in [0.5, 0.6) is 0 Å². The summed E-state index contributed by atoms with van der Waals surface area (Å²) in [4.78, 5) is 0. The second-order valence-electron chi connectivity index (χ2n) is 1.79. The molecule has 0 N–H and O–H groups in total. The van der Waals surface area contributed by atoms with Gasteiger partial charge in [0.2, 0.25) is 0 Å². The van der Waals surface area contributed by atoms with Gasteiger partial charge in [0.15, 0.2) is 0 Å². The van der Waals surface area contributed by atoms with Crippen LogP contribution in [0.1, 0.15) is 0 Å². The SMILES string of the molecule is ClCC[O][Sb]([O]CCCl)[O]CCCl. The number of hydrogen-bond acceptors (Lipinski definition) is 3. The first-order chi connectivity index (χ1) is 6.35. The predicted molar refractivity (Wildman–Crippen MR) is 55.8 cm³/mol. The van der Waals surface area contributed by atoms with Crippen LogP contribution in [0.25, 0.3) is 0 Å². The third-order valence-corrected chi connectivity index (χ3v) is 4.65. The van der Waals surface area contributed by atoms with Crippen molar-refractivity contribution < 1.29 is 9.05 Å². The van der Waals surface area contributed by atoms with Gasteiger partial charge in [-0.2, -0.15) is 0 Å². The van der Waals surface area contributed by atoms with Crippen molar-refractivity contribution in [2.24, 2.45) is 0 Å². The number of alkyl halides is 3. The van der Waals surface area contributed by atoms with Gasteiger partial charge in [-0.25, -0.2) is 0 Å². The molecule has 0 unspecified atom stereocenters. The Morgan fingerprint density at radius 3 is 1.23 bits per heavy atom. The molecular formula is C6H12Cl3O3Sb. The molecule has 0 fully saturated rings. The second kappa shape index (κ2) is 11.6. The Labute approximate surface area is 102 Å². The standard InChI is InChI=1S/3C2H4ClO.Sb/c3*3-1-2-4;/h3*1-2H2;/q3*-1;+3. The van der Waals surface area contributed by atoms with Crippen LogP contribution in [0.4, 0.5) is 0 Å². The zero-order valence-electron chi connectivity index (χ0n) is 7.05. The van der Waals surface area contributed by atoms with E-state index in [1.165, 1.54) is 0 Å². The first-order valence-corrected chi connectivity index (χ1v) is 8.45. The zero-order chi connectivity index (χ0) is 9.94. The fourth-order valence-electron chi connectivity index (χ4n) is 0.439. The average molecular weight is 360 g/mol. The molecule has 13 heavy (non-hydrogen) atoms. The van der Waals surface area contributed by atoms with Crippen LogP contribution in [0.15, 0.2) is 0 Å². The minimum absolute atomic E-state index is 0.440. The van der Waals surface area contributed by atoms with Crippen LogP contribution in [-0.4, -0.2) is 58.9 Å². The van der Waals surface area contributed by atoms with Gasteiger partial charge >= 0.3 is 103 Å². The van der Waals surface area contributed by atoms with E-state index in [9.17, 15) is 0 Å². The maximum absolute atomic E-state index is 5.45. The van der Waals surface area contributed by atoms with Crippen LogP contribution in [0, 0.1) is 0 Å². The first-order valence-electron chi connectivity index (χ1n) is 3.72. The van der Waals surface area contributed by atoms with Gasteiger partial charge in [0, 0.05) is 0 Å². The van der Waals surface area contributed by atoms with Gasteiger partial charge in [-0.3, -0.25) is 0 Å². The number of halogens is 3.